The molecule has 1 aliphatic rings. The predicted molar refractivity (Wildman–Crippen MR) is 83.2 cm³/mol. The molecule has 1 aliphatic heterocycles. The molecule has 1 unspecified atom stereocenters. The number of benzene rings is 1. The number of amides is 1. The summed E-state index contributed by atoms with van der Waals surface area (Å²) in [5, 5.41) is 3.05. The van der Waals surface area contributed by atoms with E-state index in [4.69, 9.17) is 0 Å². The molecule has 1 amide bonds. The molecule has 1 fully saturated rings. The Morgan fingerprint density at radius 2 is 1.92 bits per heavy atom. The van der Waals surface area contributed by atoms with E-state index in [-0.39, 0.29) is 30.7 Å². The fraction of sp³-hybridized carbons (Fsp3) is 0.533. The third-order valence-electron chi connectivity index (χ3n) is 3.75. The number of rotatable bonds is 4. The molecule has 1 N–H and O–H groups in total. The van der Waals surface area contributed by atoms with Crippen LogP contribution in [0.25, 0.3) is 0 Å². The summed E-state index contributed by atoms with van der Waals surface area (Å²) in [5.41, 5.74) is -0.264. The summed E-state index contributed by atoms with van der Waals surface area (Å²) in [6, 6.07) is 4.15. The number of alkyl halides is 3. The van der Waals surface area contributed by atoms with Gasteiger partial charge in [0.2, 0.25) is 5.91 Å². The van der Waals surface area contributed by atoms with Crippen LogP contribution in [0.5, 0.6) is 0 Å². The summed E-state index contributed by atoms with van der Waals surface area (Å²) < 4.78 is 60.2. The normalized spacial score (nSPS) is 19.3. The molecule has 5 nitrogen and oxygen atoms in total. The first-order chi connectivity index (χ1) is 11.0. The van der Waals surface area contributed by atoms with Crippen LogP contribution in [0.3, 0.4) is 0 Å². The van der Waals surface area contributed by atoms with Gasteiger partial charge >= 0.3 is 6.18 Å². The number of nitrogens with one attached hydrogen (secondary N) is 1. The zero-order chi connectivity index (χ0) is 18.0. The van der Waals surface area contributed by atoms with E-state index in [2.05, 4.69) is 5.32 Å². The maximum Gasteiger partial charge on any atom is 0.416 e. The highest BCUT2D eigenvalue weighted by atomic mass is 32.2. The smallest absolute Gasteiger partial charge is 0.340 e. The molecule has 1 saturated heterocycles. The molecule has 1 aromatic rings. The number of carbonyl (C=O) groups is 1. The highest BCUT2D eigenvalue weighted by molar-refractivity contribution is 7.90. The van der Waals surface area contributed by atoms with Crippen LogP contribution >= 0.6 is 0 Å². The van der Waals surface area contributed by atoms with Crippen molar-refractivity contribution in [1.82, 2.24) is 10.2 Å². The lowest BCUT2D eigenvalue weighted by Gasteiger charge is -2.33. The molecule has 0 saturated carbocycles. The molecule has 24 heavy (non-hydrogen) atoms. The van der Waals surface area contributed by atoms with E-state index in [0.717, 1.165) is 18.4 Å². The Morgan fingerprint density at radius 1 is 1.29 bits per heavy atom. The van der Waals surface area contributed by atoms with E-state index in [1.807, 2.05) is 0 Å². The fourth-order valence-electron chi connectivity index (χ4n) is 2.63. The number of halogens is 3. The van der Waals surface area contributed by atoms with Crippen molar-refractivity contribution in [2.24, 2.45) is 0 Å². The SMILES string of the molecule is CS(=O)(=O)CC1CN(C(=O)Cc2ccc(C(F)(F)F)cc2)CCN1. The molecule has 1 atom stereocenters. The third kappa shape index (κ3) is 5.48. The van der Waals surface area contributed by atoms with Gasteiger partial charge in [-0.15, -0.1) is 0 Å². The van der Waals surface area contributed by atoms with E-state index >= 15 is 0 Å². The summed E-state index contributed by atoms with van der Waals surface area (Å²) in [4.78, 5) is 13.8. The van der Waals surface area contributed by atoms with Gasteiger partial charge in [-0.25, -0.2) is 8.42 Å². The minimum absolute atomic E-state index is 0.0102. The fourth-order valence-corrected chi connectivity index (χ4v) is 3.58. The first-order valence-electron chi connectivity index (χ1n) is 7.39. The molecule has 1 heterocycles. The maximum atomic E-state index is 12.5. The van der Waals surface area contributed by atoms with Gasteiger partial charge in [0.15, 0.2) is 0 Å². The van der Waals surface area contributed by atoms with Gasteiger partial charge in [-0.2, -0.15) is 13.2 Å². The third-order valence-corrected chi connectivity index (χ3v) is 4.76. The lowest BCUT2D eigenvalue weighted by molar-refractivity contribution is -0.137. The van der Waals surface area contributed by atoms with Crippen molar-refractivity contribution in [2.45, 2.75) is 18.6 Å². The van der Waals surface area contributed by atoms with E-state index in [1.54, 1.807) is 4.90 Å². The Labute approximate surface area is 138 Å². The van der Waals surface area contributed by atoms with Crippen molar-refractivity contribution in [3.8, 4) is 0 Å². The Hall–Kier alpha value is -1.61. The molecule has 0 aliphatic carbocycles. The van der Waals surface area contributed by atoms with Gasteiger partial charge in [0, 0.05) is 31.9 Å². The molecular weight excluding hydrogens is 345 g/mol. The van der Waals surface area contributed by atoms with Crippen LogP contribution in [0.15, 0.2) is 24.3 Å². The topological polar surface area (TPSA) is 66.5 Å². The minimum Gasteiger partial charge on any atom is -0.340 e. The largest absolute Gasteiger partial charge is 0.416 e. The highest BCUT2D eigenvalue weighted by Gasteiger charge is 2.30. The summed E-state index contributed by atoms with van der Waals surface area (Å²) in [6.45, 7) is 1.20. The standard InChI is InChI=1S/C15H19F3N2O3S/c1-24(22,23)10-13-9-20(7-6-19-13)14(21)8-11-2-4-12(5-3-11)15(16,17)18/h2-5,13,19H,6-10H2,1H3. The Balaban J connectivity index is 1.96. The second-order valence-corrected chi connectivity index (χ2v) is 8.14. The van der Waals surface area contributed by atoms with Crippen LogP contribution in [0, 0.1) is 0 Å². The van der Waals surface area contributed by atoms with Crippen molar-refractivity contribution in [3.05, 3.63) is 35.4 Å². The van der Waals surface area contributed by atoms with E-state index < -0.39 is 21.6 Å². The zero-order valence-corrected chi connectivity index (χ0v) is 14.0. The Morgan fingerprint density at radius 3 is 2.46 bits per heavy atom. The Kier molecular flexibility index (Phi) is 5.54. The van der Waals surface area contributed by atoms with Gasteiger partial charge in [0.05, 0.1) is 17.7 Å². The van der Waals surface area contributed by atoms with Crippen molar-refractivity contribution in [3.63, 3.8) is 0 Å². The zero-order valence-electron chi connectivity index (χ0n) is 13.1. The predicted octanol–water partition coefficient (Wildman–Crippen LogP) is 1.09. The molecule has 0 bridgehead atoms. The number of nitrogens with zero attached hydrogens (tertiary/aromatic N) is 1. The average molecular weight is 364 g/mol. The quantitative estimate of drug-likeness (QED) is 0.869. The molecule has 9 heteroatoms. The molecule has 134 valence electrons. The van der Waals surface area contributed by atoms with Crippen LogP contribution in [0.4, 0.5) is 13.2 Å². The van der Waals surface area contributed by atoms with Crippen molar-refractivity contribution in [2.75, 3.05) is 31.6 Å². The number of piperazine rings is 1. The van der Waals surface area contributed by atoms with Gasteiger partial charge < -0.3 is 10.2 Å². The van der Waals surface area contributed by atoms with E-state index in [9.17, 15) is 26.4 Å². The van der Waals surface area contributed by atoms with Gasteiger partial charge in [0.1, 0.15) is 9.84 Å². The van der Waals surface area contributed by atoms with Crippen LogP contribution in [0.2, 0.25) is 0 Å². The lowest BCUT2D eigenvalue weighted by atomic mass is 10.1. The maximum absolute atomic E-state index is 12.5. The van der Waals surface area contributed by atoms with Crippen LogP contribution < -0.4 is 5.32 Å². The highest BCUT2D eigenvalue weighted by Crippen LogP contribution is 2.29. The summed E-state index contributed by atoms with van der Waals surface area (Å²) in [7, 11) is -3.16. The first-order valence-corrected chi connectivity index (χ1v) is 9.46. The van der Waals surface area contributed by atoms with Crippen molar-refractivity contribution in [1.29, 1.82) is 0 Å². The van der Waals surface area contributed by atoms with Crippen LogP contribution in [0.1, 0.15) is 11.1 Å². The van der Waals surface area contributed by atoms with Crippen LogP contribution in [-0.2, 0) is 27.2 Å². The number of hydrogen-bond acceptors (Lipinski definition) is 4. The second-order valence-electron chi connectivity index (χ2n) is 5.95. The number of sulfone groups is 1. The van der Waals surface area contributed by atoms with Gasteiger partial charge in [-0.05, 0) is 17.7 Å². The molecule has 0 aromatic heterocycles. The molecule has 1 aromatic carbocycles. The van der Waals surface area contributed by atoms with Crippen molar-refractivity contribution >= 4 is 15.7 Å². The molecular formula is C15H19F3N2O3S. The van der Waals surface area contributed by atoms with E-state index in [1.165, 1.54) is 12.1 Å². The summed E-state index contributed by atoms with van der Waals surface area (Å²) in [5.74, 6) is -0.286. The lowest BCUT2D eigenvalue weighted by Crippen LogP contribution is -2.55. The summed E-state index contributed by atoms with van der Waals surface area (Å²) in [6.07, 6.45) is -3.28. The van der Waals surface area contributed by atoms with Crippen LogP contribution in [-0.4, -0.2) is 56.9 Å². The van der Waals surface area contributed by atoms with Crippen molar-refractivity contribution < 1.29 is 26.4 Å². The van der Waals surface area contributed by atoms with Gasteiger partial charge in [-0.3, -0.25) is 4.79 Å². The monoisotopic (exact) mass is 364 g/mol. The van der Waals surface area contributed by atoms with E-state index in [0.29, 0.717) is 18.7 Å². The number of carbonyl (C=O) groups excluding carboxylic acids is 1. The minimum atomic E-state index is -4.40. The Bertz CT molecular complexity index is 687. The summed E-state index contributed by atoms with van der Waals surface area (Å²) >= 11 is 0. The molecule has 0 spiro atoms. The van der Waals surface area contributed by atoms with Gasteiger partial charge in [-0.1, -0.05) is 12.1 Å². The number of hydrogen-bond donors (Lipinski definition) is 1. The first kappa shape index (κ1) is 18.7. The van der Waals surface area contributed by atoms with Gasteiger partial charge in [0.25, 0.3) is 0 Å². The molecule has 2 rings (SSSR count). The second kappa shape index (κ2) is 7.10. The average Bonchev–Trinajstić information content (AvgIpc) is 2.45. The molecule has 0 radical (unpaired) electrons.